The van der Waals surface area contributed by atoms with Gasteiger partial charge in [-0.2, -0.15) is 0 Å². The van der Waals surface area contributed by atoms with Crippen molar-refractivity contribution in [1.29, 1.82) is 0 Å². The highest BCUT2D eigenvalue weighted by atomic mass is 16.6. The van der Waals surface area contributed by atoms with Gasteiger partial charge in [0.15, 0.2) is 0 Å². The zero-order valence-electron chi connectivity index (χ0n) is 15.8. The Labute approximate surface area is 144 Å². The molecule has 0 saturated carbocycles. The topological polar surface area (TPSA) is 40.5 Å². The van der Waals surface area contributed by atoms with Gasteiger partial charge in [0.1, 0.15) is 5.60 Å². The number of para-hydroxylation sites is 1. The van der Waals surface area contributed by atoms with Gasteiger partial charge in [-0.15, -0.1) is 0 Å². The number of fused-ring (bicyclic) bond motifs is 1. The fraction of sp³-hybridized carbons (Fsp3) is 0.550. The van der Waals surface area contributed by atoms with Crippen molar-refractivity contribution in [3.8, 4) is 0 Å². The largest absolute Gasteiger partial charge is 0.456 e. The van der Waals surface area contributed by atoms with Crippen LogP contribution in [0.2, 0.25) is 0 Å². The standard InChI is InChI=1S/C20H29NO3/c1-8-23-15(4)13(2)21-14(3)18(19(22)24-20(5,6)7)16-11-9-10-12-17(16)21/h9-13,15H,8H2,1-7H3. The van der Waals surface area contributed by atoms with E-state index in [4.69, 9.17) is 9.47 Å². The molecule has 1 heterocycles. The van der Waals surface area contributed by atoms with Gasteiger partial charge in [-0.05, 0) is 54.5 Å². The Kier molecular flexibility index (Phi) is 5.38. The highest BCUT2D eigenvalue weighted by molar-refractivity contribution is 6.06. The molecule has 0 bridgehead atoms. The van der Waals surface area contributed by atoms with Crippen molar-refractivity contribution < 1.29 is 14.3 Å². The lowest BCUT2D eigenvalue weighted by molar-refractivity contribution is 0.00693. The number of carbonyl (C=O) groups excluding carboxylic acids is 1. The molecule has 0 saturated heterocycles. The summed E-state index contributed by atoms with van der Waals surface area (Å²) in [6.45, 7) is 14.5. The average molecular weight is 331 g/mol. The molecule has 2 unspecified atom stereocenters. The summed E-state index contributed by atoms with van der Waals surface area (Å²) in [6, 6.07) is 8.10. The molecule has 4 nitrogen and oxygen atoms in total. The molecule has 0 amide bonds. The van der Waals surface area contributed by atoms with E-state index in [0.29, 0.717) is 12.2 Å². The van der Waals surface area contributed by atoms with Crippen LogP contribution >= 0.6 is 0 Å². The first kappa shape index (κ1) is 18.5. The number of esters is 1. The van der Waals surface area contributed by atoms with Gasteiger partial charge in [0, 0.05) is 23.2 Å². The maximum atomic E-state index is 12.8. The van der Waals surface area contributed by atoms with Crippen LogP contribution < -0.4 is 0 Å². The molecule has 0 radical (unpaired) electrons. The van der Waals surface area contributed by atoms with Gasteiger partial charge in [-0.3, -0.25) is 0 Å². The molecule has 1 aromatic heterocycles. The van der Waals surface area contributed by atoms with Crippen LogP contribution in [-0.4, -0.2) is 28.8 Å². The Balaban J connectivity index is 2.58. The minimum absolute atomic E-state index is 0.0518. The van der Waals surface area contributed by atoms with Crippen LogP contribution in [0.5, 0.6) is 0 Å². The van der Waals surface area contributed by atoms with Crippen molar-refractivity contribution in [2.75, 3.05) is 6.61 Å². The number of nitrogens with zero attached hydrogens (tertiary/aromatic N) is 1. The molecule has 0 aliphatic rings. The first-order valence-electron chi connectivity index (χ1n) is 8.61. The summed E-state index contributed by atoms with van der Waals surface area (Å²) in [7, 11) is 0. The van der Waals surface area contributed by atoms with E-state index in [2.05, 4.69) is 18.4 Å². The molecule has 4 heteroatoms. The third-order valence-electron chi connectivity index (χ3n) is 4.28. The van der Waals surface area contributed by atoms with Gasteiger partial charge in [0.05, 0.1) is 17.7 Å². The zero-order valence-corrected chi connectivity index (χ0v) is 15.8. The van der Waals surface area contributed by atoms with Gasteiger partial charge in [-0.1, -0.05) is 18.2 Å². The number of hydrogen-bond acceptors (Lipinski definition) is 3. The lowest BCUT2D eigenvalue weighted by atomic mass is 10.1. The summed E-state index contributed by atoms with van der Waals surface area (Å²) in [4.78, 5) is 12.8. The van der Waals surface area contributed by atoms with E-state index in [-0.39, 0.29) is 18.1 Å². The molecule has 2 rings (SSSR count). The predicted octanol–water partition coefficient (Wildman–Crippen LogP) is 4.89. The monoisotopic (exact) mass is 331 g/mol. The highest BCUT2D eigenvalue weighted by Crippen LogP contribution is 2.32. The lowest BCUT2D eigenvalue weighted by Gasteiger charge is -2.24. The molecule has 0 spiro atoms. The van der Waals surface area contributed by atoms with Crippen LogP contribution in [0.15, 0.2) is 24.3 Å². The quantitative estimate of drug-likeness (QED) is 0.732. The summed E-state index contributed by atoms with van der Waals surface area (Å²) in [5, 5.41) is 0.930. The van der Waals surface area contributed by atoms with Crippen molar-refractivity contribution in [3.63, 3.8) is 0 Å². The van der Waals surface area contributed by atoms with Crippen molar-refractivity contribution in [3.05, 3.63) is 35.5 Å². The van der Waals surface area contributed by atoms with E-state index in [1.54, 1.807) is 0 Å². The van der Waals surface area contributed by atoms with Crippen LogP contribution in [0.1, 0.15) is 63.6 Å². The molecule has 0 aliphatic carbocycles. The summed E-state index contributed by atoms with van der Waals surface area (Å²) in [5.74, 6) is -0.272. The number of benzene rings is 1. The smallest absolute Gasteiger partial charge is 0.341 e. The Bertz CT molecular complexity index is 724. The molecular formula is C20H29NO3. The van der Waals surface area contributed by atoms with Crippen molar-refractivity contribution in [2.45, 2.75) is 66.2 Å². The van der Waals surface area contributed by atoms with Crippen LogP contribution in [0.3, 0.4) is 0 Å². The molecule has 0 fully saturated rings. The SMILES string of the molecule is CCOC(C)C(C)n1c(C)c(C(=O)OC(C)(C)C)c2ccccc21. The Hall–Kier alpha value is -1.81. The van der Waals surface area contributed by atoms with Crippen molar-refractivity contribution in [1.82, 2.24) is 4.57 Å². The second kappa shape index (κ2) is 6.98. The van der Waals surface area contributed by atoms with E-state index < -0.39 is 5.60 Å². The maximum Gasteiger partial charge on any atom is 0.341 e. The van der Waals surface area contributed by atoms with Gasteiger partial charge in [0.2, 0.25) is 0 Å². The number of hydrogen-bond donors (Lipinski definition) is 0. The molecule has 2 aromatic rings. The highest BCUT2D eigenvalue weighted by Gasteiger charge is 2.27. The summed E-state index contributed by atoms with van der Waals surface area (Å²) < 4.78 is 13.6. The number of rotatable bonds is 5. The van der Waals surface area contributed by atoms with Gasteiger partial charge in [-0.25, -0.2) is 4.79 Å². The van der Waals surface area contributed by atoms with E-state index in [1.807, 2.05) is 58.9 Å². The van der Waals surface area contributed by atoms with E-state index in [1.165, 1.54) is 0 Å². The molecule has 0 N–H and O–H groups in total. The summed E-state index contributed by atoms with van der Waals surface area (Å²) in [6.07, 6.45) is 0.0518. The maximum absolute atomic E-state index is 12.8. The van der Waals surface area contributed by atoms with Crippen LogP contribution in [0.25, 0.3) is 10.9 Å². The van der Waals surface area contributed by atoms with Crippen LogP contribution in [0.4, 0.5) is 0 Å². The minimum Gasteiger partial charge on any atom is -0.456 e. The summed E-state index contributed by atoms with van der Waals surface area (Å²) in [5.41, 5.74) is 2.09. The molecule has 132 valence electrons. The Morgan fingerprint density at radius 1 is 1.21 bits per heavy atom. The second-order valence-corrected chi connectivity index (χ2v) is 7.25. The minimum atomic E-state index is -0.517. The molecule has 0 aliphatic heterocycles. The number of ether oxygens (including phenoxy) is 2. The molecule has 1 aromatic carbocycles. The van der Waals surface area contributed by atoms with E-state index in [0.717, 1.165) is 16.6 Å². The van der Waals surface area contributed by atoms with E-state index in [9.17, 15) is 4.79 Å². The van der Waals surface area contributed by atoms with Gasteiger partial charge in [0.25, 0.3) is 0 Å². The fourth-order valence-electron chi connectivity index (χ4n) is 3.11. The average Bonchev–Trinajstić information content (AvgIpc) is 2.77. The third kappa shape index (κ3) is 3.64. The number of carbonyl (C=O) groups is 1. The third-order valence-corrected chi connectivity index (χ3v) is 4.28. The van der Waals surface area contributed by atoms with Crippen molar-refractivity contribution in [2.24, 2.45) is 0 Å². The second-order valence-electron chi connectivity index (χ2n) is 7.25. The molecule has 2 atom stereocenters. The predicted molar refractivity (Wildman–Crippen MR) is 97.6 cm³/mol. The Morgan fingerprint density at radius 3 is 2.42 bits per heavy atom. The van der Waals surface area contributed by atoms with E-state index >= 15 is 0 Å². The fourth-order valence-corrected chi connectivity index (χ4v) is 3.11. The normalized spacial score (nSPS) is 14.6. The van der Waals surface area contributed by atoms with Gasteiger partial charge >= 0.3 is 5.97 Å². The van der Waals surface area contributed by atoms with Crippen molar-refractivity contribution >= 4 is 16.9 Å². The Morgan fingerprint density at radius 2 is 1.83 bits per heavy atom. The molecule has 24 heavy (non-hydrogen) atoms. The first-order valence-corrected chi connectivity index (χ1v) is 8.61. The van der Waals surface area contributed by atoms with Crippen LogP contribution in [0, 0.1) is 6.92 Å². The summed E-state index contributed by atoms with van der Waals surface area (Å²) >= 11 is 0. The number of aromatic nitrogens is 1. The zero-order chi connectivity index (χ0) is 18.1. The first-order chi connectivity index (χ1) is 11.2. The lowest BCUT2D eigenvalue weighted by Crippen LogP contribution is -2.25. The molecular weight excluding hydrogens is 302 g/mol. The van der Waals surface area contributed by atoms with Gasteiger partial charge < -0.3 is 14.0 Å². The van der Waals surface area contributed by atoms with Crippen LogP contribution in [-0.2, 0) is 9.47 Å².